The van der Waals surface area contributed by atoms with Crippen LogP contribution in [0.5, 0.6) is 11.5 Å². The van der Waals surface area contributed by atoms with Gasteiger partial charge in [0, 0.05) is 6.54 Å². The maximum absolute atomic E-state index is 12.3. The van der Waals surface area contributed by atoms with Crippen molar-refractivity contribution in [2.24, 2.45) is 0 Å². The monoisotopic (exact) mass is 425 g/mol. The first-order valence-corrected chi connectivity index (χ1v) is 9.47. The third-order valence-electron chi connectivity index (χ3n) is 3.17. The zero-order chi connectivity index (χ0) is 18.6. The van der Waals surface area contributed by atoms with Gasteiger partial charge in [-0.1, -0.05) is 6.08 Å². The normalized spacial score (nSPS) is 16.0. The van der Waals surface area contributed by atoms with Crippen molar-refractivity contribution in [2.75, 3.05) is 13.2 Å². The third-order valence-corrected chi connectivity index (χ3v) is 4.66. The molecule has 134 valence electrons. The lowest BCUT2D eigenvalue weighted by atomic mass is 10.1. The molecule has 1 aromatic rings. The van der Waals surface area contributed by atoms with E-state index in [1.165, 1.54) is 6.08 Å². The summed E-state index contributed by atoms with van der Waals surface area (Å²) in [7, 11) is 0. The zero-order valence-corrected chi connectivity index (χ0v) is 16.8. The van der Waals surface area contributed by atoms with Crippen LogP contribution in [0.4, 0.5) is 4.79 Å². The van der Waals surface area contributed by atoms with Crippen LogP contribution < -0.4 is 9.47 Å². The molecule has 5 nitrogen and oxygen atoms in total. The molecule has 0 aromatic heterocycles. The number of carbonyl (C=O) groups is 2. The van der Waals surface area contributed by atoms with Crippen molar-refractivity contribution in [3.63, 3.8) is 0 Å². The molecule has 0 bridgehead atoms. The predicted octanol–water partition coefficient (Wildman–Crippen LogP) is 4.86. The highest BCUT2D eigenvalue weighted by Crippen LogP contribution is 2.39. The van der Waals surface area contributed by atoms with Crippen LogP contribution in [0.1, 0.15) is 26.3 Å². The Balaban J connectivity index is 2.38. The van der Waals surface area contributed by atoms with Crippen molar-refractivity contribution in [3.8, 4) is 11.5 Å². The second kappa shape index (κ2) is 8.58. The standard InChI is InChI=1S/C18H20BrNO4S/c1-5-7-20-17(21)15(25-18(20)22)10-12-8-13(19)16(24-11(3)4)14(9-12)23-6-2/h5,8-11H,1,6-7H2,2-4H3/b15-10+. The first-order chi connectivity index (χ1) is 11.9. The summed E-state index contributed by atoms with van der Waals surface area (Å²) >= 11 is 4.41. The lowest BCUT2D eigenvalue weighted by molar-refractivity contribution is -0.122. The topological polar surface area (TPSA) is 55.8 Å². The Morgan fingerprint density at radius 3 is 2.68 bits per heavy atom. The van der Waals surface area contributed by atoms with Crippen LogP contribution in [0.25, 0.3) is 6.08 Å². The number of imide groups is 1. The summed E-state index contributed by atoms with van der Waals surface area (Å²) in [6.45, 7) is 10.0. The van der Waals surface area contributed by atoms with Crippen molar-refractivity contribution < 1.29 is 19.1 Å². The fraction of sp³-hybridized carbons (Fsp3) is 0.333. The molecule has 2 rings (SSSR count). The van der Waals surface area contributed by atoms with Gasteiger partial charge in [-0.3, -0.25) is 14.5 Å². The van der Waals surface area contributed by atoms with E-state index >= 15 is 0 Å². The van der Waals surface area contributed by atoms with E-state index in [0.29, 0.717) is 23.0 Å². The first-order valence-electron chi connectivity index (χ1n) is 7.86. The molecular weight excluding hydrogens is 406 g/mol. The molecule has 1 saturated heterocycles. The quantitative estimate of drug-likeness (QED) is 0.461. The largest absolute Gasteiger partial charge is 0.490 e. The molecule has 1 heterocycles. The van der Waals surface area contributed by atoms with Gasteiger partial charge in [0.05, 0.1) is 22.1 Å². The number of hydrogen-bond donors (Lipinski definition) is 0. The molecule has 0 aliphatic carbocycles. The van der Waals surface area contributed by atoms with Gasteiger partial charge in [-0.05, 0) is 72.2 Å². The summed E-state index contributed by atoms with van der Waals surface area (Å²) in [5, 5.41) is -0.292. The lowest BCUT2D eigenvalue weighted by Crippen LogP contribution is -2.27. The number of carbonyl (C=O) groups excluding carboxylic acids is 2. The number of nitrogens with zero attached hydrogens (tertiary/aromatic N) is 1. The highest BCUT2D eigenvalue weighted by atomic mass is 79.9. The van der Waals surface area contributed by atoms with Gasteiger partial charge in [0.2, 0.25) is 0 Å². The van der Waals surface area contributed by atoms with Crippen molar-refractivity contribution in [1.29, 1.82) is 0 Å². The minimum atomic E-state index is -0.313. The van der Waals surface area contributed by atoms with Crippen LogP contribution in [0.15, 0.2) is 34.2 Å². The molecule has 0 spiro atoms. The Hall–Kier alpha value is -1.73. The van der Waals surface area contributed by atoms with Crippen molar-refractivity contribution >= 4 is 44.9 Å². The van der Waals surface area contributed by atoms with Crippen molar-refractivity contribution in [1.82, 2.24) is 4.90 Å². The molecule has 0 atom stereocenters. The molecule has 2 amide bonds. The molecule has 0 radical (unpaired) electrons. The van der Waals surface area contributed by atoms with Gasteiger partial charge in [0.25, 0.3) is 11.1 Å². The molecule has 1 aromatic carbocycles. The molecule has 0 unspecified atom stereocenters. The number of amides is 2. The van der Waals surface area contributed by atoms with Gasteiger partial charge in [-0.25, -0.2) is 0 Å². The van der Waals surface area contributed by atoms with Crippen LogP contribution in [0.2, 0.25) is 0 Å². The molecule has 1 aliphatic rings. The maximum atomic E-state index is 12.3. The molecule has 0 saturated carbocycles. The molecule has 1 fully saturated rings. The number of hydrogen-bond acceptors (Lipinski definition) is 5. The Bertz CT molecular complexity index is 730. The molecule has 25 heavy (non-hydrogen) atoms. The smallest absolute Gasteiger partial charge is 0.293 e. The Morgan fingerprint density at radius 2 is 2.08 bits per heavy atom. The van der Waals surface area contributed by atoms with Gasteiger partial charge < -0.3 is 9.47 Å². The van der Waals surface area contributed by atoms with E-state index in [4.69, 9.17) is 9.47 Å². The molecule has 0 N–H and O–H groups in total. The number of ether oxygens (including phenoxy) is 2. The van der Waals surface area contributed by atoms with E-state index in [0.717, 1.165) is 26.7 Å². The summed E-state index contributed by atoms with van der Waals surface area (Å²) in [6, 6.07) is 3.63. The predicted molar refractivity (Wildman–Crippen MR) is 104 cm³/mol. The summed E-state index contributed by atoms with van der Waals surface area (Å²) in [5.74, 6) is 0.891. The maximum Gasteiger partial charge on any atom is 0.293 e. The average Bonchev–Trinajstić information content (AvgIpc) is 2.79. The summed E-state index contributed by atoms with van der Waals surface area (Å²) in [4.78, 5) is 25.8. The van der Waals surface area contributed by atoms with Crippen LogP contribution in [-0.2, 0) is 4.79 Å². The zero-order valence-electron chi connectivity index (χ0n) is 14.4. The molecular formula is C18H20BrNO4S. The van der Waals surface area contributed by atoms with E-state index in [-0.39, 0.29) is 23.8 Å². The van der Waals surface area contributed by atoms with E-state index in [9.17, 15) is 9.59 Å². The molecule has 1 aliphatic heterocycles. The van der Waals surface area contributed by atoms with Crippen LogP contribution >= 0.6 is 27.7 Å². The molecule has 7 heteroatoms. The minimum absolute atomic E-state index is 0.00300. The lowest BCUT2D eigenvalue weighted by Gasteiger charge is -2.17. The van der Waals surface area contributed by atoms with Crippen LogP contribution in [0.3, 0.4) is 0 Å². The third kappa shape index (κ3) is 4.67. The summed E-state index contributed by atoms with van der Waals surface area (Å²) < 4.78 is 12.2. The Labute approximate surface area is 160 Å². The van der Waals surface area contributed by atoms with E-state index in [2.05, 4.69) is 22.5 Å². The fourth-order valence-electron chi connectivity index (χ4n) is 2.22. The van der Waals surface area contributed by atoms with Gasteiger partial charge in [0.1, 0.15) is 0 Å². The van der Waals surface area contributed by atoms with E-state index < -0.39 is 0 Å². The Kier molecular flexibility index (Phi) is 6.72. The number of benzene rings is 1. The van der Waals surface area contributed by atoms with E-state index in [1.54, 1.807) is 12.1 Å². The van der Waals surface area contributed by atoms with Gasteiger partial charge in [0.15, 0.2) is 11.5 Å². The number of thioether (sulfide) groups is 1. The number of rotatable bonds is 7. The minimum Gasteiger partial charge on any atom is -0.490 e. The highest BCUT2D eigenvalue weighted by Gasteiger charge is 2.34. The highest BCUT2D eigenvalue weighted by molar-refractivity contribution is 9.10. The van der Waals surface area contributed by atoms with Crippen molar-refractivity contribution in [2.45, 2.75) is 26.9 Å². The number of halogens is 1. The fourth-order valence-corrected chi connectivity index (χ4v) is 3.62. The van der Waals surface area contributed by atoms with Crippen LogP contribution in [0, 0.1) is 0 Å². The van der Waals surface area contributed by atoms with Crippen molar-refractivity contribution in [3.05, 3.63) is 39.7 Å². The van der Waals surface area contributed by atoms with Gasteiger partial charge >= 0.3 is 0 Å². The van der Waals surface area contributed by atoms with Gasteiger partial charge in [-0.2, -0.15) is 0 Å². The first kappa shape index (κ1) is 19.6. The Morgan fingerprint density at radius 1 is 1.36 bits per heavy atom. The van der Waals surface area contributed by atoms with Crippen LogP contribution in [-0.4, -0.2) is 35.3 Å². The second-order valence-corrected chi connectivity index (χ2v) is 7.36. The van der Waals surface area contributed by atoms with E-state index in [1.807, 2.05) is 26.8 Å². The SMILES string of the molecule is C=CCN1C(=O)S/C(=C/c2cc(Br)c(OC(C)C)c(OCC)c2)C1=O. The van der Waals surface area contributed by atoms with Gasteiger partial charge in [-0.15, -0.1) is 6.58 Å². The average molecular weight is 426 g/mol. The second-order valence-electron chi connectivity index (χ2n) is 5.51. The summed E-state index contributed by atoms with van der Waals surface area (Å²) in [6.07, 6.45) is 3.21. The summed E-state index contributed by atoms with van der Waals surface area (Å²) in [5.41, 5.74) is 0.746.